The molecule has 4 heteroatoms. The second kappa shape index (κ2) is 9.27. The van der Waals surface area contributed by atoms with Crippen molar-refractivity contribution in [3.8, 4) is 11.5 Å². The maximum Gasteiger partial charge on any atom is 0.261 e. The van der Waals surface area contributed by atoms with Gasteiger partial charge in [0.25, 0.3) is 5.91 Å². The summed E-state index contributed by atoms with van der Waals surface area (Å²) in [6.07, 6.45) is 0.105. The fourth-order valence-electron chi connectivity index (χ4n) is 2.62. The van der Waals surface area contributed by atoms with E-state index in [2.05, 4.69) is 11.4 Å². The Morgan fingerprint density at radius 1 is 0.962 bits per heavy atom. The molecule has 0 saturated carbocycles. The predicted molar refractivity (Wildman–Crippen MR) is 105 cm³/mol. The monoisotopic (exact) mass is 355 g/mol. The fraction of sp³-hybridized carbons (Fsp3) is 0.409. The van der Waals surface area contributed by atoms with Crippen molar-refractivity contribution >= 4 is 5.91 Å². The number of benzene rings is 2. The lowest BCUT2D eigenvalue weighted by atomic mass is 10.1. The summed E-state index contributed by atoms with van der Waals surface area (Å²) in [5.74, 6) is 1.51. The van der Waals surface area contributed by atoms with E-state index in [-0.39, 0.29) is 5.91 Å². The Labute approximate surface area is 156 Å². The van der Waals surface area contributed by atoms with E-state index >= 15 is 0 Å². The van der Waals surface area contributed by atoms with Crippen LogP contribution >= 0.6 is 0 Å². The predicted octanol–water partition coefficient (Wildman–Crippen LogP) is 4.27. The van der Waals surface area contributed by atoms with E-state index in [0.29, 0.717) is 19.6 Å². The van der Waals surface area contributed by atoms with Gasteiger partial charge in [0.2, 0.25) is 0 Å². The Balaban J connectivity index is 1.85. The number of aryl methyl sites for hydroxylation is 4. The summed E-state index contributed by atoms with van der Waals surface area (Å²) in [6, 6.07) is 12.1. The molecule has 0 fully saturated rings. The number of hydrogen-bond acceptors (Lipinski definition) is 3. The Kier molecular flexibility index (Phi) is 7.07. The van der Waals surface area contributed by atoms with Gasteiger partial charge >= 0.3 is 0 Å². The second-order valence-electron chi connectivity index (χ2n) is 6.69. The Bertz CT molecular complexity index is 755. The third kappa shape index (κ3) is 5.51. The minimum absolute atomic E-state index is 0.113. The molecule has 0 bridgehead atoms. The maximum atomic E-state index is 12.4. The number of carbonyl (C=O) groups excluding carboxylic acids is 1. The van der Waals surface area contributed by atoms with E-state index in [0.717, 1.165) is 33.8 Å². The molecule has 140 valence electrons. The summed E-state index contributed by atoms with van der Waals surface area (Å²) >= 11 is 0. The molecule has 1 N–H and O–H groups in total. The summed E-state index contributed by atoms with van der Waals surface area (Å²) in [4.78, 5) is 12.4. The van der Waals surface area contributed by atoms with Crippen LogP contribution < -0.4 is 14.8 Å². The van der Waals surface area contributed by atoms with Crippen LogP contribution in [0.4, 0.5) is 0 Å². The highest BCUT2D eigenvalue weighted by molar-refractivity contribution is 5.81. The van der Waals surface area contributed by atoms with E-state index in [1.165, 1.54) is 0 Å². The fourth-order valence-corrected chi connectivity index (χ4v) is 2.62. The first kappa shape index (κ1) is 19.8. The minimum Gasteiger partial charge on any atom is -0.491 e. The first-order valence-corrected chi connectivity index (χ1v) is 9.12. The van der Waals surface area contributed by atoms with Crippen LogP contribution in [0.3, 0.4) is 0 Å². The molecule has 1 amide bonds. The second-order valence-corrected chi connectivity index (χ2v) is 6.69. The average Bonchev–Trinajstić information content (AvgIpc) is 2.62. The number of amides is 1. The quantitative estimate of drug-likeness (QED) is 0.719. The zero-order valence-electron chi connectivity index (χ0n) is 16.4. The highest BCUT2D eigenvalue weighted by atomic mass is 16.5. The summed E-state index contributed by atoms with van der Waals surface area (Å²) in [6.45, 7) is 10.9. The summed E-state index contributed by atoms with van der Waals surface area (Å²) in [7, 11) is 0. The van der Waals surface area contributed by atoms with Gasteiger partial charge in [-0.05, 0) is 68.5 Å². The van der Waals surface area contributed by atoms with Gasteiger partial charge in [-0.2, -0.15) is 0 Å². The van der Waals surface area contributed by atoms with E-state index in [1.54, 1.807) is 0 Å². The first-order chi connectivity index (χ1) is 12.4. The standard InChI is InChI=1S/C22H29NO3/c1-6-19(26-21-14-16(3)8-10-18(21)5)22(24)23-11-12-25-20-13-15(2)7-9-17(20)4/h7-10,13-14,19H,6,11-12H2,1-5H3,(H,23,24)/t19-/m1/s1. The molecule has 26 heavy (non-hydrogen) atoms. The Morgan fingerprint density at radius 2 is 1.54 bits per heavy atom. The average molecular weight is 355 g/mol. The summed E-state index contributed by atoms with van der Waals surface area (Å²) < 4.78 is 11.7. The van der Waals surface area contributed by atoms with Crippen molar-refractivity contribution < 1.29 is 14.3 Å². The van der Waals surface area contributed by atoms with E-state index < -0.39 is 6.10 Å². The van der Waals surface area contributed by atoms with Gasteiger partial charge in [-0.1, -0.05) is 31.2 Å². The Morgan fingerprint density at radius 3 is 2.15 bits per heavy atom. The van der Waals surface area contributed by atoms with Crippen LogP contribution in [0.1, 0.15) is 35.6 Å². The van der Waals surface area contributed by atoms with Crippen molar-refractivity contribution in [1.29, 1.82) is 0 Å². The SMILES string of the molecule is CC[C@@H](Oc1cc(C)ccc1C)C(=O)NCCOc1cc(C)ccc1C. The van der Waals surface area contributed by atoms with Gasteiger partial charge in [0.1, 0.15) is 18.1 Å². The van der Waals surface area contributed by atoms with Crippen molar-refractivity contribution in [3.05, 3.63) is 58.7 Å². The lowest BCUT2D eigenvalue weighted by molar-refractivity contribution is -0.128. The highest BCUT2D eigenvalue weighted by Crippen LogP contribution is 2.21. The molecule has 2 aromatic carbocycles. The molecule has 0 spiro atoms. The molecule has 0 saturated heterocycles. The number of hydrogen-bond donors (Lipinski definition) is 1. The van der Waals surface area contributed by atoms with Crippen molar-refractivity contribution in [2.45, 2.75) is 47.1 Å². The van der Waals surface area contributed by atoms with Gasteiger partial charge in [-0.25, -0.2) is 0 Å². The third-order valence-electron chi connectivity index (χ3n) is 4.28. The maximum absolute atomic E-state index is 12.4. The van der Waals surface area contributed by atoms with Crippen LogP contribution in [0.25, 0.3) is 0 Å². The zero-order chi connectivity index (χ0) is 19.1. The molecule has 0 heterocycles. The molecule has 0 unspecified atom stereocenters. The number of ether oxygens (including phenoxy) is 2. The topological polar surface area (TPSA) is 47.6 Å². The first-order valence-electron chi connectivity index (χ1n) is 9.12. The van der Waals surface area contributed by atoms with E-state index in [4.69, 9.17) is 9.47 Å². The summed E-state index contributed by atoms with van der Waals surface area (Å²) in [5.41, 5.74) is 4.39. The van der Waals surface area contributed by atoms with Crippen LogP contribution in [0.5, 0.6) is 11.5 Å². The van der Waals surface area contributed by atoms with Crippen LogP contribution in [0.15, 0.2) is 36.4 Å². The largest absolute Gasteiger partial charge is 0.491 e. The van der Waals surface area contributed by atoms with Gasteiger partial charge < -0.3 is 14.8 Å². The van der Waals surface area contributed by atoms with Gasteiger partial charge in [0.05, 0.1) is 6.54 Å². The molecule has 1 atom stereocenters. The number of nitrogens with one attached hydrogen (secondary N) is 1. The zero-order valence-corrected chi connectivity index (χ0v) is 16.4. The molecular formula is C22H29NO3. The number of rotatable bonds is 8. The van der Waals surface area contributed by atoms with Crippen molar-refractivity contribution in [2.75, 3.05) is 13.2 Å². The molecule has 0 aliphatic carbocycles. The third-order valence-corrected chi connectivity index (χ3v) is 4.28. The van der Waals surface area contributed by atoms with Crippen LogP contribution in [-0.4, -0.2) is 25.2 Å². The molecule has 0 aliphatic rings. The molecule has 0 aliphatic heterocycles. The minimum atomic E-state index is -0.504. The van der Waals surface area contributed by atoms with E-state index in [1.807, 2.05) is 65.0 Å². The highest BCUT2D eigenvalue weighted by Gasteiger charge is 2.18. The van der Waals surface area contributed by atoms with Gasteiger partial charge in [-0.3, -0.25) is 4.79 Å². The lowest BCUT2D eigenvalue weighted by Gasteiger charge is -2.19. The van der Waals surface area contributed by atoms with Crippen molar-refractivity contribution in [3.63, 3.8) is 0 Å². The smallest absolute Gasteiger partial charge is 0.261 e. The van der Waals surface area contributed by atoms with Crippen LogP contribution in [0.2, 0.25) is 0 Å². The molecule has 4 nitrogen and oxygen atoms in total. The van der Waals surface area contributed by atoms with Crippen LogP contribution in [-0.2, 0) is 4.79 Å². The van der Waals surface area contributed by atoms with Crippen LogP contribution in [0, 0.1) is 27.7 Å². The molecular weight excluding hydrogens is 326 g/mol. The van der Waals surface area contributed by atoms with E-state index in [9.17, 15) is 4.79 Å². The molecule has 0 aromatic heterocycles. The van der Waals surface area contributed by atoms with Gasteiger partial charge in [0, 0.05) is 0 Å². The molecule has 2 aromatic rings. The summed E-state index contributed by atoms with van der Waals surface area (Å²) in [5, 5.41) is 2.90. The van der Waals surface area contributed by atoms with Gasteiger partial charge in [-0.15, -0.1) is 0 Å². The number of carbonyl (C=O) groups is 1. The normalized spacial score (nSPS) is 11.7. The molecule has 0 radical (unpaired) electrons. The lowest BCUT2D eigenvalue weighted by Crippen LogP contribution is -2.39. The van der Waals surface area contributed by atoms with Crippen molar-refractivity contribution in [1.82, 2.24) is 5.32 Å². The van der Waals surface area contributed by atoms with Gasteiger partial charge in [0.15, 0.2) is 6.10 Å². The molecule has 2 rings (SSSR count). The Hall–Kier alpha value is -2.49. The van der Waals surface area contributed by atoms with Crippen molar-refractivity contribution in [2.24, 2.45) is 0 Å².